The van der Waals surface area contributed by atoms with E-state index in [2.05, 4.69) is 30.7 Å². The second-order valence-corrected chi connectivity index (χ2v) is 8.61. The third kappa shape index (κ3) is 4.14. The van der Waals surface area contributed by atoms with E-state index in [4.69, 9.17) is 11.6 Å². The van der Waals surface area contributed by atoms with Gasteiger partial charge in [-0.15, -0.1) is 18.3 Å². The van der Waals surface area contributed by atoms with Crippen molar-refractivity contribution in [2.24, 2.45) is 5.41 Å². The quantitative estimate of drug-likeness (QED) is 0.614. The normalized spacial score (nSPS) is 18.8. The van der Waals surface area contributed by atoms with E-state index in [-0.39, 0.29) is 11.8 Å². The van der Waals surface area contributed by atoms with E-state index < -0.39 is 6.36 Å². The smallest absolute Gasteiger partial charge is 0.406 e. The van der Waals surface area contributed by atoms with Gasteiger partial charge in [-0.2, -0.15) is 4.68 Å². The number of halogens is 4. The largest absolute Gasteiger partial charge is 0.573 e. The molecule has 2 N–H and O–H groups in total. The van der Waals surface area contributed by atoms with Gasteiger partial charge >= 0.3 is 6.36 Å². The third-order valence-electron chi connectivity index (χ3n) is 6.04. The molecular formula is C20H20ClF3N6O. The highest BCUT2D eigenvalue weighted by Crippen LogP contribution is 2.49. The molecule has 2 fully saturated rings. The summed E-state index contributed by atoms with van der Waals surface area (Å²) in [6.45, 7) is 2.11. The summed E-state index contributed by atoms with van der Waals surface area (Å²) in [7, 11) is 0. The number of piperidine rings is 1. The number of anilines is 1. The molecule has 0 bridgehead atoms. The molecule has 2 aliphatic rings. The Balaban J connectivity index is 1.40. The van der Waals surface area contributed by atoms with Crippen molar-refractivity contribution in [3.05, 3.63) is 35.4 Å². The number of nitrogens with one attached hydrogen (secondary N) is 2. The third-order valence-corrected chi connectivity index (χ3v) is 6.33. The molecule has 0 atom stereocenters. The zero-order valence-corrected chi connectivity index (χ0v) is 17.2. The molecule has 1 aromatic carbocycles. The first-order valence-corrected chi connectivity index (χ1v) is 10.4. The van der Waals surface area contributed by atoms with Crippen LogP contribution in [0.25, 0.3) is 16.9 Å². The van der Waals surface area contributed by atoms with E-state index in [0.29, 0.717) is 33.1 Å². The van der Waals surface area contributed by atoms with Gasteiger partial charge in [-0.1, -0.05) is 22.9 Å². The molecule has 0 amide bonds. The minimum absolute atomic E-state index is 0.286. The van der Waals surface area contributed by atoms with E-state index in [1.165, 1.54) is 35.7 Å². The highest BCUT2D eigenvalue weighted by Gasteiger charge is 2.44. The highest BCUT2D eigenvalue weighted by molar-refractivity contribution is 6.33. The molecule has 3 heterocycles. The summed E-state index contributed by atoms with van der Waals surface area (Å²) in [5.74, 6) is 0.178. The van der Waals surface area contributed by atoms with Crippen molar-refractivity contribution < 1.29 is 17.9 Å². The van der Waals surface area contributed by atoms with Crippen LogP contribution >= 0.6 is 11.6 Å². The van der Waals surface area contributed by atoms with Gasteiger partial charge in [-0.25, -0.2) is 4.98 Å². The van der Waals surface area contributed by atoms with Gasteiger partial charge in [0.1, 0.15) is 17.1 Å². The Bertz CT molecular complexity index is 1100. The SMILES string of the molecule is FC(F)(F)Oc1cccc(-n2nnc3cc(Cl)c(NC4CC5(CCNCC5)C4)nc32)c1. The van der Waals surface area contributed by atoms with Crippen molar-refractivity contribution in [2.75, 3.05) is 18.4 Å². The summed E-state index contributed by atoms with van der Waals surface area (Å²) in [6, 6.07) is 7.45. The van der Waals surface area contributed by atoms with Crippen LogP contribution < -0.4 is 15.4 Å². The second-order valence-electron chi connectivity index (χ2n) is 8.21. The number of rotatable bonds is 4. The number of ether oxygens (including phenoxy) is 1. The molecule has 7 nitrogen and oxygen atoms in total. The van der Waals surface area contributed by atoms with Gasteiger partial charge < -0.3 is 15.4 Å². The Morgan fingerprint density at radius 3 is 2.71 bits per heavy atom. The summed E-state index contributed by atoms with van der Waals surface area (Å²) in [5.41, 5.74) is 1.59. The summed E-state index contributed by atoms with van der Waals surface area (Å²) in [5, 5.41) is 15.3. The summed E-state index contributed by atoms with van der Waals surface area (Å²) >= 11 is 6.40. The van der Waals surface area contributed by atoms with Crippen molar-refractivity contribution in [1.82, 2.24) is 25.3 Å². The summed E-state index contributed by atoms with van der Waals surface area (Å²) < 4.78 is 43.1. The fourth-order valence-corrected chi connectivity index (χ4v) is 4.77. The van der Waals surface area contributed by atoms with Crippen molar-refractivity contribution in [2.45, 2.75) is 38.1 Å². The Hall–Kier alpha value is -2.59. The van der Waals surface area contributed by atoms with Gasteiger partial charge in [0.25, 0.3) is 0 Å². The molecule has 3 aromatic rings. The lowest BCUT2D eigenvalue weighted by molar-refractivity contribution is -0.274. The van der Waals surface area contributed by atoms with Gasteiger partial charge in [0.2, 0.25) is 0 Å². The molecule has 1 spiro atoms. The van der Waals surface area contributed by atoms with Crippen LogP contribution in [0.15, 0.2) is 30.3 Å². The van der Waals surface area contributed by atoms with Crippen LogP contribution in [0.4, 0.5) is 19.0 Å². The van der Waals surface area contributed by atoms with Gasteiger partial charge in [0.05, 0.1) is 10.7 Å². The molecule has 2 aromatic heterocycles. The first kappa shape index (κ1) is 20.3. The average molecular weight is 453 g/mol. The monoisotopic (exact) mass is 452 g/mol. The fourth-order valence-electron chi connectivity index (χ4n) is 4.57. The molecule has 31 heavy (non-hydrogen) atoms. The van der Waals surface area contributed by atoms with Crippen LogP contribution in [-0.4, -0.2) is 45.5 Å². The van der Waals surface area contributed by atoms with E-state index in [1.54, 1.807) is 12.1 Å². The molecule has 0 radical (unpaired) electrons. The summed E-state index contributed by atoms with van der Waals surface area (Å²) in [4.78, 5) is 4.59. The van der Waals surface area contributed by atoms with Gasteiger partial charge in [0, 0.05) is 12.1 Å². The lowest BCUT2D eigenvalue weighted by Crippen LogP contribution is -2.50. The van der Waals surface area contributed by atoms with Gasteiger partial charge in [-0.05, 0) is 62.4 Å². The molecule has 11 heteroatoms. The average Bonchev–Trinajstić information content (AvgIpc) is 3.09. The first-order valence-electron chi connectivity index (χ1n) is 10.1. The summed E-state index contributed by atoms with van der Waals surface area (Å²) in [6.07, 6.45) is -0.282. The molecule has 1 aliphatic heterocycles. The van der Waals surface area contributed by atoms with Crippen LogP contribution in [0, 0.1) is 5.41 Å². The van der Waals surface area contributed by atoms with E-state index in [0.717, 1.165) is 25.9 Å². The van der Waals surface area contributed by atoms with Crippen molar-refractivity contribution in [3.63, 3.8) is 0 Å². The standard InChI is InChI=1S/C20H20ClF3N6O/c21-15-9-16-18(27-17(15)26-12-10-19(11-12)4-6-25-7-5-19)30(29-28-16)13-2-1-3-14(8-13)31-20(22,23)24/h1-3,8-9,12,25H,4-7,10-11H2,(H,26,27). The number of benzene rings is 1. The van der Waals surface area contributed by atoms with Crippen molar-refractivity contribution in [1.29, 1.82) is 0 Å². The number of hydrogen-bond donors (Lipinski definition) is 2. The number of hydrogen-bond acceptors (Lipinski definition) is 6. The first-order chi connectivity index (χ1) is 14.8. The maximum Gasteiger partial charge on any atom is 0.573 e. The molecule has 1 saturated heterocycles. The van der Waals surface area contributed by atoms with Crippen LogP contribution in [0.1, 0.15) is 25.7 Å². The lowest BCUT2D eigenvalue weighted by Gasteiger charge is -2.50. The number of pyridine rings is 1. The molecular weight excluding hydrogens is 433 g/mol. The maximum atomic E-state index is 12.6. The van der Waals surface area contributed by atoms with Gasteiger partial charge in [0.15, 0.2) is 5.65 Å². The van der Waals surface area contributed by atoms with Gasteiger partial charge in [-0.3, -0.25) is 0 Å². The number of nitrogens with zero attached hydrogens (tertiary/aromatic N) is 4. The van der Waals surface area contributed by atoms with E-state index >= 15 is 0 Å². The molecule has 0 unspecified atom stereocenters. The lowest BCUT2D eigenvalue weighted by atomic mass is 9.60. The second kappa shape index (κ2) is 7.52. The topological polar surface area (TPSA) is 76.9 Å². The van der Waals surface area contributed by atoms with Crippen LogP contribution in [0.2, 0.25) is 5.02 Å². The number of aromatic nitrogens is 4. The molecule has 1 saturated carbocycles. The minimum Gasteiger partial charge on any atom is -0.406 e. The Morgan fingerprint density at radius 2 is 1.97 bits per heavy atom. The predicted octanol–water partition coefficient (Wildman–Crippen LogP) is 4.31. The maximum absolute atomic E-state index is 12.6. The van der Waals surface area contributed by atoms with Crippen molar-refractivity contribution in [3.8, 4) is 11.4 Å². The molecule has 5 rings (SSSR count). The minimum atomic E-state index is -4.78. The molecule has 164 valence electrons. The van der Waals surface area contributed by atoms with Crippen LogP contribution in [0.5, 0.6) is 5.75 Å². The van der Waals surface area contributed by atoms with Crippen LogP contribution in [-0.2, 0) is 0 Å². The highest BCUT2D eigenvalue weighted by atomic mass is 35.5. The van der Waals surface area contributed by atoms with Crippen LogP contribution in [0.3, 0.4) is 0 Å². The van der Waals surface area contributed by atoms with Crippen molar-refractivity contribution >= 4 is 28.6 Å². The predicted molar refractivity (Wildman–Crippen MR) is 110 cm³/mol. The zero-order valence-electron chi connectivity index (χ0n) is 16.4. The zero-order chi connectivity index (χ0) is 21.6. The van der Waals surface area contributed by atoms with E-state index in [9.17, 15) is 13.2 Å². The number of fused-ring (bicyclic) bond motifs is 1. The number of alkyl halides is 3. The Morgan fingerprint density at radius 1 is 1.19 bits per heavy atom. The Labute approximate surface area is 180 Å². The Kier molecular flexibility index (Phi) is 4.93. The molecule has 1 aliphatic carbocycles. The van der Waals surface area contributed by atoms with E-state index in [1.807, 2.05) is 0 Å². The fraction of sp³-hybridized carbons (Fsp3) is 0.450.